The number of quaternary nitrogens is 1. The first-order chi connectivity index (χ1) is 14.4. The molecule has 4 nitrogen and oxygen atoms in total. The van der Waals surface area contributed by atoms with Gasteiger partial charge in [0, 0.05) is 16.8 Å². The molecule has 1 atom stereocenters. The van der Waals surface area contributed by atoms with Crippen LogP contribution in [0.2, 0.25) is 0 Å². The van der Waals surface area contributed by atoms with E-state index in [1.807, 2.05) is 67.7 Å². The lowest BCUT2D eigenvalue weighted by Crippen LogP contribution is -2.87. The number of alkyl halides is 2. The maximum absolute atomic E-state index is 12.6. The van der Waals surface area contributed by atoms with Gasteiger partial charge in [0.1, 0.15) is 11.8 Å². The molecular weight excluding hydrogens is 386 g/mol. The Hall–Kier alpha value is -3.25. The lowest BCUT2D eigenvalue weighted by molar-refractivity contribution is -0.676. The van der Waals surface area contributed by atoms with Crippen molar-refractivity contribution in [2.45, 2.75) is 26.5 Å². The number of nitrogens with one attached hydrogen (secondary N) is 1. The highest BCUT2D eigenvalue weighted by atomic mass is 19.3. The summed E-state index contributed by atoms with van der Waals surface area (Å²) in [5, 5.41) is 4.93. The zero-order chi connectivity index (χ0) is 21.5. The number of halogens is 2. The van der Waals surface area contributed by atoms with Crippen LogP contribution in [-0.4, -0.2) is 19.1 Å². The smallest absolute Gasteiger partial charge is 0.387 e. The third-order valence-corrected chi connectivity index (χ3v) is 4.91. The molecule has 6 heteroatoms. The molecule has 3 rings (SSSR count). The number of nitrogens with two attached hydrogens (primary N) is 1. The number of hydrogen-bond donors (Lipinski definition) is 2. The Bertz CT molecular complexity index is 956. The first-order valence-electron chi connectivity index (χ1n) is 9.73. The molecule has 0 heterocycles. The van der Waals surface area contributed by atoms with Crippen LogP contribution in [-0.2, 0) is 4.79 Å². The van der Waals surface area contributed by atoms with Gasteiger partial charge in [-0.05, 0) is 49.2 Å². The molecule has 156 valence electrons. The summed E-state index contributed by atoms with van der Waals surface area (Å²) in [5.74, 6) is -0.000632. The van der Waals surface area contributed by atoms with E-state index >= 15 is 0 Å². The number of rotatable bonds is 8. The molecule has 0 aliphatic heterocycles. The van der Waals surface area contributed by atoms with Crippen LogP contribution in [0, 0.1) is 13.8 Å². The first-order valence-corrected chi connectivity index (χ1v) is 9.73. The number of hydrogen-bond acceptors (Lipinski definition) is 2. The fraction of sp³-hybridized carbons (Fsp3) is 0.208. The second kappa shape index (κ2) is 9.98. The van der Waals surface area contributed by atoms with Gasteiger partial charge in [-0.15, -0.1) is 0 Å². The van der Waals surface area contributed by atoms with Gasteiger partial charge in [-0.3, -0.25) is 4.79 Å². The SMILES string of the molecule is Cc1cccc(C)c1NC(=O)C[NH2+][C@@H](c1ccccc1)c1ccc(OC(F)F)cc1. The monoisotopic (exact) mass is 411 g/mol. The van der Waals surface area contributed by atoms with Gasteiger partial charge in [0.05, 0.1) is 0 Å². The minimum Gasteiger partial charge on any atom is -0.435 e. The van der Waals surface area contributed by atoms with E-state index in [4.69, 9.17) is 0 Å². The zero-order valence-electron chi connectivity index (χ0n) is 16.9. The number of carbonyl (C=O) groups is 1. The summed E-state index contributed by atoms with van der Waals surface area (Å²) in [5.41, 5.74) is 4.76. The van der Waals surface area contributed by atoms with Crippen molar-refractivity contribution >= 4 is 11.6 Å². The van der Waals surface area contributed by atoms with Crippen LogP contribution in [0.15, 0.2) is 72.8 Å². The molecule has 0 saturated heterocycles. The number of benzene rings is 3. The Kier molecular flexibility index (Phi) is 7.14. The molecule has 3 aromatic rings. The molecule has 0 aromatic heterocycles. The second-order valence-electron chi connectivity index (χ2n) is 7.09. The average molecular weight is 411 g/mol. The summed E-state index contributed by atoms with van der Waals surface area (Å²) in [4.78, 5) is 12.6. The van der Waals surface area contributed by atoms with Crippen molar-refractivity contribution in [2.24, 2.45) is 0 Å². The number of aryl methyl sites for hydroxylation is 2. The van der Waals surface area contributed by atoms with Crippen molar-refractivity contribution < 1.29 is 23.6 Å². The predicted octanol–water partition coefficient (Wildman–Crippen LogP) is 4.20. The molecule has 30 heavy (non-hydrogen) atoms. The van der Waals surface area contributed by atoms with Crippen molar-refractivity contribution in [2.75, 3.05) is 11.9 Å². The molecule has 3 N–H and O–H groups in total. The molecule has 0 spiro atoms. The van der Waals surface area contributed by atoms with Crippen LogP contribution in [0.3, 0.4) is 0 Å². The summed E-state index contributed by atoms with van der Waals surface area (Å²) in [6, 6.07) is 22.0. The van der Waals surface area contributed by atoms with Gasteiger partial charge in [0.25, 0.3) is 5.91 Å². The highest BCUT2D eigenvalue weighted by Gasteiger charge is 2.20. The third-order valence-electron chi connectivity index (χ3n) is 4.91. The highest BCUT2D eigenvalue weighted by Crippen LogP contribution is 2.22. The topological polar surface area (TPSA) is 54.9 Å². The van der Waals surface area contributed by atoms with E-state index in [1.54, 1.807) is 12.1 Å². The van der Waals surface area contributed by atoms with Crippen LogP contribution in [0.4, 0.5) is 14.5 Å². The molecule has 0 unspecified atom stereocenters. The maximum atomic E-state index is 12.6. The third kappa shape index (κ3) is 5.64. The van der Waals surface area contributed by atoms with E-state index in [9.17, 15) is 13.6 Å². The van der Waals surface area contributed by atoms with Crippen molar-refractivity contribution in [1.82, 2.24) is 0 Å². The number of ether oxygens (including phenoxy) is 1. The molecule has 3 aromatic carbocycles. The fourth-order valence-electron chi connectivity index (χ4n) is 3.41. The normalized spacial score (nSPS) is 11.9. The Labute approximate surface area is 174 Å². The van der Waals surface area contributed by atoms with Crippen LogP contribution < -0.4 is 15.4 Å². The summed E-state index contributed by atoms with van der Waals surface area (Å²) < 4.78 is 29.3. The Morgan fingerprint density at radius 2 is 1.50 bits per heavy atom. The van der Waals surface area contributed by atoms with E-state index in [0.29, 0.717) is 0 Å². The summed E-state index contributed by atoms with van der Waals surface area (Å²) in [6.07, 6.45) is 0. The minimum absolute atomic E-state index is 0.105. The lowest BCUT2D eigenvalue weighted by atomic mass is 9.98. The van der Waals surface area contributed by atoms with Crippen LogP contribution in [0.5, 0.6) is 5.75 Å². The van der Waals surface area contributed by atoms with Crippen LogP contribution in [0.25, 0.3) is 0 Å². The number of para-hydroxylation sites is 1. The Morgan fingerprint density at radius 1 is 0.900 bits per heavy atom. The molecule has 0 bridgehead atoms. The lowest BCUT2D eigenvalue weighted by Gasteiger charge is -2.18. The quantitative estimate of drug-likeness (QED) is 0.584. The van der Waals surface area contributed by atoms with Gasteiger partial charge >= 0.3 is 6.61 Å². The van der Waals surface area contributed by atoms with Crippen molar-refractivity contribution in [3.63, 3.8) is 0 Å². The molecule has 0 fully saturated rings. The summed E-state index contributed by atoms with van der Waals surface area (Å²) >= 11 is 0. The second-order valence-corrected chi connectivity index (χ2v) is 7.09. The van der Waals surface area contributed by atoms with Crippen molar-refractivity contribution in [3.05, 3.63) is 95.1 Å². The molecule has 0 radical (unpaired) electrons. The van der Waals surface area contributed by atoms with Crippen LogP contribution in [0.1, 0.15) is 28.3 Å². The fourth-order valence-corrected chi connectivity index (χ4v) is 3.41. The maximum Gasteiger partial charge on any atom is 0.387 e. The van der Waals surface area contributed by atoms with Crippen molar-refractivity contribution in [3.8, 4) is 5.75 Å². The number of anilines is 1. The van der Waals surface area contributed by atoms with E-state index in [-0.39, 0.29) is 24.2 Å². The molecule has 0 aliphatic rings. The summed E-state index contributed by atoms with van der Waals surface area (Å²) in [7, 11) is 0. The summed E-state index contributed by atoms with van der Waals surface area (Å²) in [6.45, 7) is 1.27. The number of carbonyl (C=O) groups excluding carboxylic acids is 1. The van der Waals surface area contributed by atoms with E-state index in [2.05, 4.69) is 10.1 Å². The van der Waals surface area contributed by atoms with Gasteiger partial charge in [-0.2, -0.15) is 8.78 Å². The van der Waals surface area contributed by atoms with Gasteiger partial charge in [0.2, 0.25) is 0 Å². The predicted molar refractivity (Wildman–Crippen MR) is 113 cm³/mol. The minimum atomic E-state index is -2.86. The number of amides is 1. The van der Waals surface area contributed by atoms with Gasteiger partial charge < -0.3 is 15.4 Å². The average Bonchev–Trinajstić information content (AvgIpc) is 2.72. The highest BCUT2D eigenvalue weighted by molar-refractivity contribution is 5.92. The van der Waals surface area contributed by atoms with E-state index < -0.39 is 6.61 Å². The van der Waals surface area contributed by atoms with E-state index in [1.165, 1.54) is 12.1 Å². The largest absolute Gasteiger partial charge is 0.435 e. The van der Waals surface area contributed by atoms with Crippen molar-refractivity contribution in [1.29, 1.82) is 0 Å². The Balaban J connectivity index is 1.74. The van der Waals surface area contributed by atoms with Crippen LogP contribution >= 0.6 is 0 Å². The zero-order valence-corrected chi connectivity index (χ0v) is 16.9. The van der Waals surface area contributed by atoms with Gasteiger partial charge in [-0.1, -0.05) is 48.5 Å². The van der Waals surface area contributed by atoms with Gasteiger partial charge in [-0.25, -0.2) is 0 Å². The van der Waals surface area contributed by atoms with E-state index in [0.717, 1.165) is 27.9 Å². The Morgan fingerprint density at radius 3 is 2.10 bits per heavy atom. The molecule has 1 amide bonds. The molecule has 0 saturated carbocycles. The molecular formula is C24H25F2N2O2+. The molecule has 0 aliphatic carbocycles. The van der Waals surface area contributed by atoms with Gasteiger partial charge in [0.15, 0.2) is 6.54 Å². The first kappa shape index (κ1) is 21.5. The standard InChI is InChI=1S/C24H24F2N2O2/c1-16-7-6-8-17(2)22(16)28-21(29)15-27-23(18-9-4-3-5-10-18)19-11-13-20(14-12-19)30-24(25)26/h3-14,23-24,27H,15H2,1-2H3,(H,28,29)/p+1/t23-/m0/s1.